The van der Waals surface area contributed by atoms with Crippen molar-refractivity contribution in [3.05, 3.63) is 119 Å². The van der Waals surface area contributed by atoms with Gasteiger partial charge in [-0.2, -0.15) is 13.2 Å². The van der Waals surface area contributed by atoms with Crippen molar-refractivity contribution >= 4 is 29.4 Å². The van der Waals surface area contributed by atoms with Gasteiger partial charge >= 0.3 is 18.1 Å². The van der Waals surface area contributed by atoms with Crippen LogP contribution in [0.2, 0.25) is 0 Å². The van der Waals surface area contributed by atoms with E-state index in [-0.39, 0.29) is 47.1 Å². The van der Waals surface area contributed by atoms with Crippen molar-refractivity contribution in [1.82, 2.24) is 4.90 Å². The summed E-state index contributed by atoms with van der Waals surface area (Å²) in [5.41, 5.74) is 1.62. The van der Waals surface area contributed by atoms with Gasteiger partial charge in [0.25, 0.3) is 11.8 Å². The van der Waals surface area contributed by atoms with E-state index in [9.17, 15) is 32.3 Å². The largest absolute Gasteiger partial charge is 0.462 e. The highest BCUT2D eigenvalue weighted by molar-refractivity contribution is 6.11. The first-order chi connectivity index (χ1) is 22.9. The molecule has 0 saturated heterocycles. The number of nitrogens with zero attached hydrogens (tertiary/aromatic N) is 1. The van der Waals surface area contributed by atoms with Gasteiger partial charge in [0.2, 0.25) is 0 Å². The maximum atomic E-state index is 13.5. The quantitative estimate of drug-likeness (QED) is 0.123. The minimum Gasteiger partial charge on any atom is -0.462 e. The zero-order valence-electron chi connectivity index (χ0n) is 26.7. The number of amides is 2. The smallest absolute Gasteiger partial charge is 0.416 e. The summed E-state index contributed by atoms with van der Waals surface area (Å²) >= 11 is 0. The van der Waals surface area contributed by atoms with Crippen LogP contribution in [0.5, 0.6) is 5.75 Å². The molecule has 4 aromatic carbocycles. The zero-order chi connectivity index (χ0) is 34.8. The number of rotatable bonds is 12. The molecule has 0 aliphatic rings. The molecular weight excluding hydrogens is 625 g/mol. The lowest BCUT2D eigenvalue weighted by Gasteiger charge is -2.17. The van der Waals surface area contributed by atoms with Gasteiger partial charge in [0.15, 0.2) is 0 Å². The number of anilines is 1. The van der Waals surface area contributed by atoms with Gasteiger partial charge in [-0.15, -0.1) is 0 Å². The van der Waals surface area contributed by atoms with Crippen LogP contribution in [0.4, 0.5) is 18.9 Å². The lowest BCUT2D eigenvalue weighted by atomic mass is 9.97. The molecule has 0 unspecified atom stereocenters. The molecule has 250 valence electrons. The summed E-state index contributed by atoms with van der Waals surface area (Å²) in [6.07, 6.45) is -3.01. The van der Waals surface area contributed by atoms with Gasteiger partial charge < -0.3 is 19.7 Å². The van der Waals surface area contributed by atoms with E-state index < -0.39 is 29.6 Å². The summed E-state index contributed by atoms with van der Waals surface area (Å²) in [5, 5.41) is 2.79. The van der Waals surface area contributed by atoms with E-state index in [1.807, 2.05) is 6.92 Å². The minimum atomic E-state index is -4.49. The number of esters is 2. The lowest BCUT2D eigenvalue weighted by Crippen LogP contribution is -2.24. The van der Waals surface area contributed by atoms with Crippen molar-refractivity contribution < 1.29 is 41.8 Å². The summed E-state index contributed by atoms with van der Waals surface area (Å²) in [5.74, 6) is -1.91. The molecule has 0 aliphatic heterocycles. The number of nitrogens with one attached hydrogen (secondary N) is 1. The predicted molar refractivity (Wildman–Crippen MR) is 175 cm³/mol. The number of hydrogen-bond acceptors (Lipinski definition) is 6. The number of carbonyl (C=O) groups is 4. The lowest BCUT2D eigenvalue weighted by molar-refractivity contribution is -0.137. The van der Waals surface area contributed by atoms with Crippen LogP contribution in [0.15, 0.2) is 91.0 Å². The molecular formula is C37H35F3N2O6. The first kappa shape index (κ1) is 35.4. The Balaban J connectivity index is 1.47. The van der Waals surface area contributed by atoms with E-state index in [2.05, 4.69) is 5.32 Å². The molecule has 1 N–H and O–H groups in total. The molecule has 0 aliphatic carbocycles. The highest BCUT2D eigenvalue weighted by Gasteiger charge is 2.30. The number of benzene rings is 4. The van der Waals surface area contributed by atoms with E-state index in [0.29, 0.717) is 30.4 Å². The van der Waals surface area contributed by atoms with E-state index in [1.165, 1.54) is 29.2 Å². The zero-order valence-corrected chi connectivity index (χ0v) is 26.7. The summed E-state index contributed by atoms with van der Waals surface area (Å²) in [4.78, 5) is 53.0. The number of alkyl halides is 3. The number of ether oxygens (including phenoxy) is 2. The van der Waals surface area contributed by atoms with Crippen LogP contribution in [0.3, 0.4) is 0 Å². The van der Waals surface area contributed by atoms with Crippen LogP contribution >= 0.6 is 0 Å². The maximum Gasteiger partial charge on any atom is 0.416 e. The molecule has 0 spiro atoms. The van der Waals surface area contributed by atoms with Crippen LogP contribution in [0.25, 0.3) is 11.1 Å². The second-order valence-corrected chi connectivity index (χ2v) is 11.1. The molecule has 0 bridgehead atoms. The molecule has 11 heteroatoms. The number of aryl methyl sites for hydroxylation is 1. The van der Waals surface area contributed by atoms with E-state index in [0.717, 1.165) is 17.7 Å². The SMILES string of the molecule is CCCOC(=O)c1ccccc1OC(=O)CCCc1ccc(NC(=O)c2ccccc2-c2ccc(C(F)(F)F)cc2)c(C(=O)N(C)C)c1. The predicted octanol–water partition coefficient (Wildman–Crippen LogP) is 7.82. The maximum absolute atomic E-state index is 13.5. The van der Waals surface area contributed by atoms with Crippen molar-refractivity contribution in [3.8, 4) is 16.9 Å². The van der Waals surface area contributed by atoms with Gasteiger partial charge in [0.05, 0.1) is 23.4 Å². The Labute approximate surface area is 276 Å². The summed E-state index contributed by atoms with van der Waals surface area (Å²) in [7, 11) is 3.15. The highest BCUT2D eigenvalue weighted by atomic mass is 19.4. The number of carbonyl (C=O) groups excluding carboxylic acids is 4. The van der Waals surface area contributed by atoms with Gasteiger partial charge in [0.1, 0.15) is 11.3 Å². The third-order valence-corrected chi connectivity index (χ3v) is 7.28. The summed E-state index contributed by atoms with van der Waals surface area (Å²) in [6.45, 7) is 2.12. The summed E-state index contributed by atoms with van der Waals surface area (Å²) < 4.78 is 49.9. The van der Waals surface area contributed by atoms with Gasteiger partial charge in [-0.05, 0) is 78.4 Å². The van der Waals surface area contributed by atoms with Crippen LogP contribution in [0, 0.1) is 0 Å². The average molecular weight is 661 g/mol. The molecule has 0 heterocycles. The first-order valence-corrected chi connectivity index (χ1v) is 15.3. The topological polar surface area (TPSA) is 102 Å². The third kappa shape index (κ3) is 9.09. The summed E-state index contributed by atoms with van der Waals surface area (Å²) in [6, 6.07) is 22.3. The minimum absolute atomic E-state index is 0.0362. The van der Waals surface area contributed by atoms with E-state index >= 15 is 0 Å². The van der Waals surface area contributed by atoms with Gasteiger partial charge in [-0.3, -0.25) is 14.4 Å². The Kier molecular flexibility index (Phi) is 11.7. The molecule has 2 amide bonds. The van der Waals surface area contributed by atoms with Crippen molar-refractivity contribution in [2.45, 2.75) is 38.8 Å². The highest BCUT2D eigenvalue weighted by Crippen LogP contribution is 2.32. The van der Waals surface area contributed by atoms with Crippen LogP contribution in [0.1, 0.15) is 68.4 Å². The van der Waals surface area contributed by atoms with Gasteiger partial charge in [-0.25, -0.2) is 4.79 Å². The molecule has 4 rings (SSSR count). The normalized spacial score (nSPS) is 11.0. The molecule has 48 heavy (non-hydrogen) atoms. The molecule has 0 fully saturated rings. The number of halogens is 3. The third-order valence-electron chi connectivity index (χ3n) is 7.28. The molecule has 0 atom stereocenters. The van der Waals surface area contributed by atoms with Crippen LogP contribution in [-0.4, -0.2) is 49.4 Å². The van der Waals surface area contributed by atoms with Crippen LogP contribution in [-0.2, 0) is 22.1 Å². The first-order valence-electron chi connectivity index (χ1n) is 15.3. The number of hydrogen-bond donors (Lipinski definition) is 1. The molecule has 8 nitrogen and oxygen atoms in total. The fourth-order valence-corrected chi connectivity index (χ4v) is 4.84. The second-order valence-electron chi connectivity index (χ2n) is 11.1. The molecule has 4 aromatic rings. The Hall–Kier alpha value is -5.45. The molecule has 0 aromatic heterocycles. The van der Waals surface area contributed by atoms with Crippen molar-refractivity contribution in [1.29, 1.82) is 0 Å². The average Bonchev–Trinajstić information content (AvgIpc) is 3.07. The Morgan fingerprint density at radius 2 is 1.48 bits per heavy atom. The van der Waals surface area contributed by atoms with Gasteiger partial charge in [-0.1, -0.05) is 55.5 Å². The fourth-order valence-electron chi connectivity index (χ4n) is 4.84. The Bertz CT molecular complexity index is 1780. The second kappa shape index (κ2) is 15.9. The fraction of sp³-hybridized carbons (Fsp3) is 0.243. The molecule has 0 saturated carbocycles. The Morgan fingerprint density at radius 1 is 0.812 bits per heavy atom. The van der Waals surface area contributed by atoms with E-state index in [1.54, 1.807) is 68.7 Å². The monoisotopic (exact) mass is 660 g/mol. The van der Waals surface area contributed by atoms with Crippen LogP contribution < -0.4 is 10.1 Å². The molecule has 0 radical (unpaired) electrons. The number of para-hydroxylation sites is 1. The van der Waals surface area contributed by atoms with Crippen molar-refractivity contribution in [2.75, 3.05) is 26.0 Å². The van der Waals surface area contributed by atoms with Crippen molar-refractivity contribution in [3.63, 3.8) is 0 Å². The standard InChI is InChI=1S/C37H35F3N2O6/c1-4-22-47-36(46)29-13-7-8-14-32(29)48-33(43)15-9-10-24-16-21-31(30(23-24)35(45)42(2)3)41-34(44)28-12-6-5-11-27(28)25-17-19-26(20-18-25)37(38,39)40/h5-8,11-14,16-21,23H,4,9-10,15,22H2,1-3H3,(H,41,44). The van der Waals surface area contributed by atoms with Gasteiger partial charge in [0, 0.05) is 26.1 Å². The van der Waals surface area contributed by atoms with Crippen molar-refractivity contribution in [2.24, 2.45) is 0 Å². The van der Waals surface area contributed by atoms with E-state index in [4.69, 9.17) is 9.47 Å². The Morgan fingerprint density at radius 3 is 2.15 bits per heavy atom.